The SMILES string of the molecule is C[n+]1ccn(C[Si](C)(C)Cl)c1.O=S(=O)([N-]S(=O)(=O)C(F)(F)F)C(F)(F)F. The molecule has 17 heteroatoms. The molecule has 1 heterocycles. The van der Waals surface area contributed by atoms with Crippen molar-refractivity contribution in [1.82, 2.24) is 4.57 Å². The molecule has 0 N–H and O–H groups in total. The third-order valence-corrected chi connectivity index (χ3v) is 6.38. The van der Waals surface area contributed by atoms with E-state index in [1.165, 1.54) is 0 Å². The van der Waals surface area contributed by atoms with Crippen molar-refractivity contribution in [2.45, 2.75) is 30.3 Å². The van der Waals surface area contributed by atoms with Gasteiger partial charge in [-0.3, -0.25) is 0 Å². The van der Waals surface area contributed by atoms with Gasteiger partial charge in [-0.2, -0.15) is 37.4 Å². The van der Waals surface area contributed by atoms with Crippen molar-refractivity contribution in [3.05, 3.63) is 22.8 Å². The Morgan fingerprint density at radius 3 is 1.65 bits per heavy atom. The quantitative estimate of drug-likeness (QED) is 0.293. The van der Waals surface area contributed by atoms with Crippen molar-refractivity contribution in [1.29, 1.82) is 0 Å². The maximum Gasteiger partial charge on any atom is 0.480 e. The summed E-state index contributed by atoms with van der Waals surface area (Å²) in [5.41, 5.74) is -12.4. The first-order chi connectivity index (χ1) is 11.2. The minimum absolute atomic E-state index is 0.778. The smallest absolute Gasteiger partial charge is 0.421 e. The highest BCUT2D eigenvalue weighted by atomic mass is 35.6. The minimum Gasteiger partial charge on any atom is -0.421 e. The molecular formula is C9H14ClF6N3O4S2Si. The third kappa shape index (κ3) is 8.23. The van der Waals surface area contributed by atoms with Gasteiger partial charge in [0.1, 0.15) is 12.4 Å². The van der Waals surface area contributed by atoms with E-state index in [4.69, 9.17) is 11.1 Å². The maximum absolute atomic E-state index is 11.4. The first-order valence-electron chi connectivity index (χ1n) is 6.25. The predicted molar refractivity (Wildman–Crippen MR) is 82.3 cm³/mol. The number of aryl methyl sites for hydroxylation is 1. The van der Waals surface area contributed by atoms with E-state index >= 15 is 0 Å². The molecule has 0 aliphatic heterocycles. The first kappa shape index (κ1) is 25.2. The van der Waals surface area contributed by atoms with Crippen molar-refractivity contribution in [3.8, 4) is 0 Å². The van der Waals surface area contributed by atoms with Crippen LogP contribution in [0.5, 0.6) is 0 Å². The molecule has 0 bridgehead atoms. The normalized spacial score (nSPS) is 13.9. The van der Waals surface area contributed by atoms with Crippen LogP contribution < -0.4 is 4.57 Å². The van der Waals surface area contributed by atoms with Gasteiger partial charge in [-0.15, -0.1) is 0 Å². The number of nitrogens with zero attached hydrogens (tertiary/aromatic N) is 3. The van der Waals surface area contributed by atoms with E-state index in [0.717, 1.165) is 10.3 Å². The summed E-state index contributed by atoms with van der Waals surface area (Å²) in [6.07, 6.45) is 7.11. The highest BCUT2D eigenvalue weighted by Gasteiger charge is 2.46. The highest BCUT2D eigenvalue weighted by Crippen LogP contribution is 2.36. The molecule has 0 fully saturated rings. The number of rotatable bonds is 4. The summed E-state index contributed by atoms with van der Waals surface area (Å²) in [6, 6.07) is 0. The van der Waals surface area contributed by atoms with E-state index in [0.29, 0.717) is 0 Å². The van der Waals surface area contributed by atoms with Crippen LogP contribution in [0, 0.1) is 0 Å². The molecule has 0 spiro atoms. The molecule has 0 saturated heterocycles. The Morgan fingerprint density at radius 1 is 1.04 bits per heavy atom. The zero-order valence-corrected chi connectivity index (χ0v) is 16.8. The lowest BCUT2D eigenvalue weighted by atomic mass is 10.9. The Labute approximate surface area is 151 Å². The zero-order valence-electron chi connectivity index (χ0n) is 13.4. The van der Waals surface area contributed by atoms with E-state index in [1.54, 1.807) is 0 Å². The van der Waals surface area contributed by atoms with Crippen LogP contribution in [0.25, 0.3) is 4.13 Å². The molecule has 7 nitrogen and oxygen atoms in total. The molecule has 0 atom stereocenters. The lowest BCUT2D eigenvalue weighted by molar-refractivity contribution is -0.671. The fraction of sp³-hybridized carbons (Fsp3) is 0.667. The fourth-order valence-corrected chi connectivity index (χ4v) is 4.42. The van der Waals surface area contributed by atoms with Gasteiger partial charge in [0.25, 0.3) is 0 Å². The van der Waals surface area contributed by atoms with E-state index in [-0.39, 0.29) is 0 Å². The van der Waals surface area contributed by atoms with Crippen LogP contribution in [0.1, 0.15) is 0 Å². The summed E-state index contributed by atoms with van der Waals surface area (Å²) >= 11 is 6.19. The first-order valence-corrected chi connectivity index (χ1v) is 13.3. The summed E-state index contributed by atoms with van der Waals surface area (Å²) in [6.45, 7) is 4.29. The molecule has 0 amide bonds. The summed E-state index contributed by atoms with van der Waals surface area (Å²) in [7, 11) is -12.9. The largest absolute Gasteiger partial charge is 0.480 e. The summed E-state index contributed by atoms with van der Waals surface area (Å²) in [4.78, 5) is 0. The average Bonchev–Trinajstić information content (AvgIpc) is 2.68. The van der Waals surface area contributed by atoms with Crippen molar-refractivity contribution in [2.75, 3.05) is 0 Å². The number of aromatic nitrogens is 2. The van der Waals surface area contributed by atoms with Gasteiger partial charge in [0.05, 0.1) is 13.2 Å². The van der Waals surface area contributed by atoms with Crippen LogP contribution in [0.2, 0.25) is 13.1 Å². The number of hydrogen-bond acceptors (Lipinski definition) is 4. The fourth-order valence-electron chi connectivity index (χ4n) is 1.24. The molecule has 0 saturated carbocycles. The molecule has 26 heavy (non-hydrogen) atoms. The van der Waals surface area contributed by atoms with Crippen LogP contribution in [0.4, 0.5) is 26.3 Å². The van der Waals surface area contributed by atoms with Crippen molar-refractivity contribution in [3.63, 3.8) is 0 Å². The molecule has 1 rings (SSSR count). The van der Waals surface area contributed by atoms with Crippen molar-refractivity contribution in [2.24, 2.45) is 7.05 Å². The Balaban J connectivity index is 0.000000502. The Hall–Kier alpha value is -0.843. The molecule has 0 aliphatic carbocycles. The van der Waals surface area contributed by atoms with Gasteiger partial charge in [0.2, 0.25) is 6.33 Å². The summed E-state index contributed by atoms with van der Waals surface area (Å²) in [5, 5.41) is 0. The highest BCUT2D eigenvalue weighted by molar-refractivity contribution is 8.13. The predicted octanol–water partition coefficient (Wildman–Crippen LogP) is 2.36. The molecule has 0 aliphatic rings. The Morgan fingerprint density at radius 2 is 1.42 bits per heavy atom. The second-order valence-electron chi connectivity index (χ2n) is 5.39. The van der Waals surface area contributed by atoms with Crippen LogP contribution in [-0.2, 0) is 33.3 Å². The number of sulfonamides is 2. The van der Waals surface area contributed by atoms with Crippen molar-refractivity contribution >= 4 is 38.5 Å². The maximum atomic E-state index is 11.4. The molecule has 154 valence electrons. The van der Waals surface area contributed by atoms with Gasteiger partial charge in [-0.05, 0) is 0 Å². The molecule has 0 aromatic carbocycles. The summed E-state index contributed by atoms with van der Waals surface area (Å²) in [5.74, 6) is 0. The third-order valence-electron chi connectivity index (χ3n) is 2.16. The van der Waals surface area contributed by atoms with Gasteiger partial charge in [0, 0.05) is 0 Å². The zero-order chi connectivity index (χ0) is 21.2. The number of hydrogen-bond donors (Lipinski definition) is 0. The molecule has 1 aromatic rings. The second kappa shape index (κ2) is 8.03. The van der Waals surface area contributed by atoms with Crippen molar-refractivity contribution < 1.29 is 47.7 Å². The minimum atomic E-state index is -6.72. The molecule has 0 unspecified atom stereocenters. The van der Waals surface area contributed by atoms with Gasteiger partial charge in [0.15, 0.2) is 27.4 Å². The lowest BCUT2D eigenvalue weighted by Gasteiger charge is -2.22. The lowest BCUT2D eigenvalue weighted by Crippen LogP contribution is -2.30. The average molecular weight is 470 g/mol. The Bertz CT molecular complexity index is 772. The van der Waals surface area contributed by atoms with Crippen LogP contribution in [0.3, 0.4) is 0 Å². The van der Waals surface area contributed by atoms with Gasteiger partial charge in [-0.25, -0.2) is 26.0 Å². The van der Waals surface area contributed by atoms with E-state index in [9.17, 15) is 43.2 Å². The number of imidazole rings is 1. The van der Waals surface area contributed by atoms with Gasteiger partial charge in [-0.1, -0.05) is 13.1 Å². The topological polar surface area (TPSA) is 91.2 Å². The van der Waals surface area contributed by atoms with E-state index < -0.39 is 38.4 Å². The molecular weight excluding hydrogens is 456 g/mol. The van der Waals surface area contributed by atoms with Crippen LogP contribution >= 0.6 is 11.1 Å². The summed E-state index contributed by atoms with van der Waals surface area (Å²) < 4.78 is 113. The van der Waals surface area contributed by atoms with Gasteiger partial charge < -0.3 is 4.13 Å². The van der Waals surface area contributed by atoms with E-state index in [1.807, 2.05) is 17.8 Å². The Kier molecular flexibility index (Phi) is 7.77. The van der Waals surface area contributed by atoms with Crippen LogP contribution in [0.15, 0.2) is 18.7 Å². The number of alkyl halides is 6. The van der Waals surface area contributed by atoms with E-state index in [2.05, 4.69) is 30.2 Å². The van der Waals surface area contributed by atoms with Gasteiger partial charge >= 0.3 is 11.0 Å². The number of halogens is 7. The second-order valence-corrected chi connectivity index (χ2v) is 15.6. The van der Waals surface area contributed by atoms with Crippen LogP contribution in [-0.4, -0.2) is 39.8 Å². The standard InChI is InChI=1S/C7H14ClN2Si.C2F6NO4S2/c1-9-4-5-10(6-9)7-11(2,3)8;3-1(4,5)14(10,11)9-15(12,13)2(6,7)8/h4-6H,7H2,1-3H3;/q+1;-1. The molecule has 1 aromatic heterocycles. The monoisotopic (exact) mass is 469 g/mol. The molecule has 0 radical (unpaired) electrons.